The van der Waals surface area contributed by atoms with Crippen LogP contribution in [-0.2, 0) is 28.7 Å². The van der Waals surface area contributed by atoms with Gasteiger partial charge in [-0.25, -0.2) is 14.4 Å². The van der Waals surface area contributed by atoms with E-state index in [1.165, 1.54) is 14.0 Å². The number of rotatable bonds is 5. The Morgan fingerprint density at radius 2 is 1.80 bits per heavy atom. The van der Waals surface area contributed by atoms with E-state index in [0.29, 0.717) is 0 Å². The Morgan fingerprint density at radius 1 is 1.30 bits per heavy atom. The standard InChI is InChI=1S/C8H10O6.C4H6O2/c1-4(2)7(12)14-8(13)5(9)3-6(10)11;1-3-4(5)6-2/h5,9H,1,3H2,2H3,(H,10,11);3H,1H2,2H3. The molecule has 1 atom stereocenters. The van der Waals surface area contributed by atoms with Crippen LogP contribution in [0, 0.1) is 0 Å². The van der Waals surface area contributed by atoms with E-state index in [2.05, 4.69) is 22.6 Å². The molecular weight excluding hydrogens is 272 g/mol. The summed E-state index contributed by atoms with van der Waals surface area (Å²) >= 11 is 0. The molecule has 8 nitrogen and oxygen atoms in total. The maximum Gasteiger partial charge on any atom is 0.343 e. The molecule has 0 fully saturated rings. The van der Waals surface area contributed by atoms with Crippen LogP contribution in [0.15, 0.2) is 24.8 Å². The molecular formula is C12H16O8. The van der Waals surface area contributed by atoms with E-state index in [4.69, 9.17) is 10.2 Å². The minimum Gasteiger partial charge on any atom is -0.481 e. The normalized spacial score (nSPS) is 10.2. The minimum atomic E-state index is -1.84. The molecule has 0 spiro atoms. The Balaban J connectivity index is 0. The zero-order chi connectivity index (χ0) is 16.3. The largest absolute Gasteiger partial charge is 0.481 e. The van der Waals surface area contributed by atoms with Crippen LogP contribution in [0.3, 0.4) is 0 Å². The molecule has 0 saturated heterocycles. The van der Waals surface area contributed by atoms with Crippen LogP contribution in [0.2, 0.25) is 0 Å². The van der Waals surface area contributed by atoms with Gasteiger partial charge in [0.2, 0.25) is 0 Å². The van der Waals surface area contributed by atoms with Crippen molar-refractivity contribution in [2.24, 2.45) is 0 Å². The highest BCUT2D eigenvalue weighted by atomic mass is 16.6. The lowest BCUT2D eigenvalue weighted by Gasteiger charge is -2.06. The van der Waals surface area contributed by atoms with Gasteiger partial charge in [0.15, 0.2) is 6.10 Å². The van der Waals surface area contributed by atoms with E-state index in [9.17, 15) is 19.2 Å². The number of esters is 3. The predicted octanol–water partition coefficient (Wildman–Crippen LogP) is -0.187. The molecule has 0 aliphatic rings. The number of aliphatic carboxylic acids is 1. The van der Waals surface area contributed by atoms with Crippen LogP contribution in [0.1, 0.15) is 13.3 Å². The highest BCUT2D eigenvalue weighted by Crippen LogP contribution is 1.99. The Kier molecular flexibility index (Phi) is 10.4. The Hall–Kier alpha value is -2.48. The van der Waals surface area contributed by atoms with Gasteiger partial charge in [-0.15, -0.1) is 0 Å². The maximum absolute atomic E-state index is 10.8. The smallest absolute Gasteiger partial charge is 0.343 e. The number of aliphatic hydroxyl groups is 1. The lowest BCUT2D eigenvalue weighted by molar-refractivity contribution is -0.166. The summed E-state index contributed by atoms with van der Waals surface area (Å²) in [5.41, 5.74) is -0.0131. The molecule has 0 amide bonds. The van der Waals surface area contributed by atoms with Gasteiger partial charge in [0.25, 0.3) is 0 Å². The topological polar surface area (TPSA) is 127 Å². The van der Waals surface area contributed by atoms with Gasteiger partial charge in [-0.3, -0.25) is 4.79 Å². The third kappa shape index (κ3) is 10.7. The number of carbonyl (C=O) groups excluding carboxylic acids is 3. The van der Waals surface area contributed by atoms with Crippen molar-refractivity contribution < 1.29 is 38.9 Å². The van der Waals surface area contributed by atoms with Gasteiger partial charge < -0.3 is 19.7 Å². The summed E-state index contributed by atoms with van der Waals surface area (Å²) in [4.78, 5) is 41.4. The molecule has 0 saturated carbocycles. The van der Waals surface area contributed by atoms with Crippen molar-refractivity contribution in [1.29, 1.82) is 0 Å². The van der Waals surface area contributed by atoms with Gasteiger partial charge in [0.05, 0.1) is 13.5 Å². The lowest BCUT2D eigenvalue weighted by atomic mass is 10.2. The van der Waals surface area contributed by atoms with Crippen molar-refractivity contribution >= 4 is 23.9 Å². The molecule has 0 aromatic rings. The van der Waals surface area contributed by atoms with Gasteiger partial charge in [-0.2, -0.15) is 0 Å². The molecule has 0 rings (SSSR count). The van der Waals surface area contributed by atoms with E-state index in [-0.39, 0.29) is 5.57 Å². The van der Waals surface area contributed by atoms with Gasteiger partial charge in [0.1, 0.15) is 0 Å². The van der Waals surface area contributed by atoms with Crippen LogP contribution in [0.4, 0.5) is 0 Å². The lowest BCUT2D eigenvalue weighted by Crippen LogP contribution is -2.28. The molecule has 0 aliphatic carbocycles. The summed E-state index contributed by atoms with van der Waals surface area (Å²) < 4.78 is 8.23. The summed E-state index contributed by atoms with van der Waals surface area (Å²) in [6.45, 7) is 7.68. The van der Waals surface area contributed by atoms with Crippen LogP contribution < -0.4 is 0 Å². The Labute approximate surface area is 115 Å². The number of carbonyl (C=O) groups is 4. The monoisotopic (exact) mass is 288 g/mol. The quantitative estimate of drug-likeness (QED) is 0.405. The maximum atomic E-state index is 10.8. The summed E-state index contributed by atoms with van der Waals surface area (Å²) in [7, 11) is 1.31. The van der Waals surface area contributed by atoms with Crippen LogP contribution >= 0.6 is 0 Å². The first-order valence-corrected chi connectivity index (χ1v) is 5.17. The fourth-order valence-electron chi connectivity index (χ4n) is 0.579. The van der Waals surface area contributed by atoms with Crippen molar-refractivity contribution in [2.45, 2.75) is 19.4 Å². The Morgan fingerprint density at radius 3 is 2.05 bits per heavy atom. The molecule has 20 heavy (non-hydrogen) atoms. The molecule has 0 radical (unpaired) electrons. The van der Waals surface area contributed by atoms with Crippen LogP contribution in [0.5, 0.6) is 0 Å². The van der Waals surface area contributed by atoms with Crippen molar-refractivity contribution in [2.75, 3.05) is 7.11 Å². The van der Waals surface area contributed by atoms with Crippen LogP contribution in [0.25, 0.3) is 0 Å². The minimum absolute atomic E-state index is 0.0131. The first-order valence-electron chi connectivity index (χ1n) is 5.17. The first-order chi connectivity index (χ1) is 9.15. The fraction of sp³-hybridized carbons (Fsp3) is 0.333. The molecule has 0 aromatic carbocycles. The molecule has 0 aliphatic heterocycles. The Bertz CT molecular complexity index is 410. The summed E-state index contributed by atoms with van der Waals surface area (Å²) in [5.74, 6) is -4.04. The second-order valence-electron chi connectivity index (χ2n) is 3.33. The van der Waals surface area contributed by atoms with Gasteiger partial charge in [-0.05, 0) is 6.92 Å². The molecule has 0 bridgehead atoms. The zero-order valence-electron chi connectivity index (χ0n) is 11.1. The van der Waals surface area contributed by atoms with Crippen LogP contribution in [-0.4, -0.2) is 47.3 Å². The summed E-state index contributed by atoms with van der Waals surface area (Å²) in [6.07, 6.45) is -1.53. The molecule has 1 unspecified atom stereocenters. The number of carboxylic acids is 1. The van der Waals surface area contributed by atoms with E-state index >= 15 is 0 Å². The fourth-order valence-corrected chi connectivity index (χ4v) is 0.579. The molecule has 0 aromatic heterocycles. The van der Waals surface area contributed by atoms with Gasteiger partial charge in [0, 0.05) is 11.6 Å². The SMILES string of the molecule is C=C(C)C(=O)OC(=O)C(O)CC(=O)O.C=CC(=O)OC. The van der Waals surface area contributed by atoms with Crippen molar-refractivity contribution in [1.82, 2.24) is 0 Å². The van der Waals surface area contributed by atoms with E-state index in [0.717, 1.165) is 6.08 Å². The predicted molar refractivity (Wildman–Crippen MR) is 66.4 cm³/mol. The van der Waals surface area contributed by atoms with Gasteiger partial charge >= 0.3 is 23.9 Å². The van der Waals surface area contributed by atoms with E-state index in [1.807, 2.05) is 0 Å². The van der Waals surface area contributed by atoms with Crippen molar-refractivity contribution in [3.8, 4) is 0 Å². The second kappa shape index (κ2) is 10.4. The first kappa shape index (κ1) is 19.9. The number of ether oxygens (including phenoxy) is 2. The second-order valence-corrected chi connectivity index (χ2v) is 3.33. The molecule has 8 heteroatoms. The number of hydrogen-bond acceptors (Lipinski definition) is 7. The average molecular weight is 288 g/mol. The molecule has 112 valence electrons. The molecule has 2 N–H and O–H groups in total. The number of hydrogen-bond donors (Lipinski definition) is 2. The van der Waals surface area contributed by atoms with Crippen molar-refractivity contribution in [3.05, 3.63) is 24.8 Å². The zero-order valence-corrected chi connectivity index (χ0v) is 11.1. The number of carboxylic acid groups (broad SMARTS) is 1. The third-order valence-electron chi connectivity index (χ3n) is 1.55. The molecule has 0 heterocycles. The number of aliphatic hydroxyl groups excluding tert-OH is 1. The highest BCUT2D eigenvalue weighted by Gasteiger charge is 2.22. The van der Waals surface area contributed by atoms with Crippen molar-refractivity contribution in [3.63, 3.8) is 0 Å². The third-order valence-corrected chi connectivity index (χ3v) is 1.55. The number of methoxy groups -OCH3 is 1. The van der Waals surface area contributed by atoms with E-state index in [1.54, 1.807) is 0 Å². The summed E-state index contributed by atoms with van der Waals surface area (Å²) in [6, 6.07) is 0. The van der Waals surface area contributed by atoms with Gasteiger partial charge in [-0.1, -0.05) is 13.2 Å². The van der Waals surface area contributed by atoms with E-state index < -0.39 is 36.4 Å². The summed E-state index contributed by atoms with van der Waals surface area (Å²) in [5, 5.41) is 17.1. The average Bonchev–Trinajstić information content (AvgIpc) is 2.37. The highest BCUT2D eigenvalue weighted by molar-refractivity contribution is 5.97.